The molecule has 0 spiro atoms. The van der Waals surface area contributed by atoms with Gasteiger partial charge in [-0.25, -0.2) is 0 Å². The molecule has 0 amide bonds. The number of benzene rings is 2. The molecule has 2 aromatic rings. The molecule has 0 aliphatic heterocycles. The number of ether oxygens (including phenoxy) is 1. The number of methoxy groups -OCH3 is 1. The van der Waals surface area contributed by atoms with E-state index in [0.29, 0.717) is 10.8 Å². The van der Waals surface area contributed by atoms with Crippen LogP contribution in [0.25, 0.3) is 0 Å². The van der Waals surface area contributed by atoms with Crippen molar-refractivity contribution in [3.63, 3.8) is 0 Å². The van der Waals surface area contributed by atoms with E-state index in [1.807, 2.05) is 30.3 Å². The first-order valence-corrected chi connectivity index (χ1v) is 6.47. The number of hydrogen-bond donors (Lipinski definition) is 0. The number of alkyl halides is 1. The molecule has 0 aliphatic rings. The lowest BCUT2D eigenvalue weighted by atomic mass is 10.0. The summed E-state index contributed by atoms with van der Waals surface area (Å²) in [6.07, 6.45) is 0. The molecule has 0 aliphatic carbocycles. The summed E-state index contributed by atoms with van der Waals surface area (Å²) < 4.78 is 5.13. The maximum atomic E-state index is 6.45. The van der Waals surface area contributed by atoms with Crippen LogP contribution in [-0.4, -0.2) is 7.11 Å². The lowest BCUT2D eigenvalue weighted by Gasteiger charge is -2.12. The van der Waals surface area contributed by atoms with Crippen LogP contribution in [0.5, 0.6) is 5.75 Å². The molecule has 0 bridgehead atoms. The molecule has 94 valence electrons. The standard InChI is InChI=1S/C15H14Cl2O/c1-10-3-5-11(6-4-10)15(17)12-7-8-14(18-2)13(16)9-12/h3-9,15H,1-2H3. The SMILES string of the molecule is COc1ccc(C(Cl)c2ccc(C)cc2)cc1Cl. The third-order valence-corrected chi connectivity index (χ3v) is 3.64. The van der Waals surface area contributed by atoms with Crippen LogP contribution >= 0.6 is 23.2 Å². The molecule has 1 atom stereocenters. The summed E-state index contributed by atoms with van der Waals surface area (Å²) in [5.41, 5.74) is 3.24. The van der Waals surface area contributed by atoms with Crippen LogP contribution in [0.2, 0.25) is 5.02 Å². The average Bonchev–Trinajstić information content (AvgIpc) is 2.38. The van der Waals surface area contributed by atoms with Crippen LogP contribution in [0.3, 0.4) is 0 Å². The Labute approximate surface area is 117 Å². The molecule has 0 saturated heterocycles. The molecule has 0 fully saturated rings. The average molecular weight is 281 g/mol. The lowest BCUT2D eigenvalue weighted by molar-refractivity contribution is 0.415. The molecule has 0 aromatic heterocycles. The smallest absolute Gasteiger partial charge is 0.137 e. The Hall–Kier alpha value is -1.18. The second kappa shape index (κ2) is 5.64. The van der Waals surface area contributed by atoms with Gasteiger partial charge in [-0.05, 0) is 30.2 Å². The highest BCUT2D eigenvalue weighted by Crippen LogP contribution is 2.33. The van der Waals surface area contributed by atoms with E-state index >= 15 is 0 Å². The molecule has 3 heteroatoms. The quantitative estimate of drug-likeness (QED) is 0.720. The van der Waals surface area contributed by atoms with Crippen LogP contribution in [0.4, 0.5) is 0 Å². The third kappa shape index (κ3) is 2.80. The second-order valence-corrected chi connectivity index (χ2v) is 5.01. The summed E-state index contributed by atoms with van der Waals surface area (Å²) in [6.45, 7) is 2.05. The van der Waals surface area contributed by atoms with Crippen LogP contribution < -0.4 is 4.74 Å². The Bertz CT molecular complexity index is 535. The Balaban J connectivity index is 2.31. The van der Waals surface area contributed by atoms with Gasteiger partial charge in [0.1, 0.15) is 5.75 Å². The van der Waals surface area contributed by atoms with Crippen LogP contribution in [0.1, 0.15) is 22.1 Å². The van der Waals surface area contributed by atoms with Crippen molar-refractivity contribution in [2.24, 2.45) is 0 Å². The van der Waals surface area contributed by atoms with Gasteiger partial charge in [0.15, 0.2) is 0 Å². The van der Waals surface area contributed by atoms with Crippen molar-refractivity contribution in [3.05, 3.63) is 64.2 Å². The van der Waals surface area contributed by atoms with E-state index in [1.54, 1.807) is 7.11 Å². The molecular weight excluding hydrogens is 267 g/mol. The van der Waals surface area contributed by atoms with E-state index in [4.69, 9.17) is 27.9 Å². The van der Waals surface area contributed by atoms with E-state index in [-0.39, 0.29) is 5.38 Å². The largest absolute Gasteiger partial charge is 0.495 e. The van der Waals surface area contributed by atoms with Crippen molar-refractivity contribution in [1.29, 1.82) is 0 Å². The highest BCUT2D eigenvalue weighted by molar-refractivity contribution is 6.32. The van der Waals surface area contributed by atoms with Crippen LogP contribution in [0, 0.1) is 6.92 Å². The summed E-state index contributed by atoms with van der Waals surface area (Å²) in [4.78, 5) is 0. The molecule has 0 radical (unpaired) electrons. The summed E-state index contributed by atoms with van der Waals surface area (Å²) in [5, 5.41) is 0.377. The van der Waals surface area contributed by atoms with Crippen LogP contribution in [-0.2, 0) is 0 Å². The van der Waals surface area contributed by atoms with Crippen molar-refractivity contribution in [2.45, 2.75) is 12.3 Å². The molecule has 1 unspecified atom stereocenters. The first kappa shape index (κ1) is 13.3. The predicted molar refractivity (Wildman–Crippen MR) is 76.9 cm³/mol. The van der Waals surface area contributed by atoms with Gasteiger partial charge in [0.2, 0.25) is 0 Å². The number of aryl methyl sites for hydroxylation is 1. The van der Waals surface area contributed by atoms with Gasteiger partial charge < -0.3 is 4.74 Å². The number of rotatable bonds is 3. The van der Waals surface area contributed by atoms with Gasteiger partial charge in [-0.15, -0.1) is 11.6 Å². The Morgan fingerprint density at radius 2 is 1.61 bits per heavy atom. The molecule has 0 heterocycles. The van der Waals surface area contributed by atoms with E-state index in [1.165, 1.54) is 5.56 Å². The number of halogens is 2. The molecule has 2 rings (SSSR count). The summed E-state index contributed by atoms with van der Waals surface area (Å²) >= 11 is 12.6. The van der Waals surface area contributed by atoms with Crippen molar-refractivity contribution in [1.82, 2.24) is 0 Å². The Kier molecular flexibility index (Phi) is 4.15. The minimum absolute atomic E-state index is 0.200. The molecule has 0 saturated carbocycles. The summed E-state index contributed by atoms with van der Waals surface area (Å²) in [5.74, 6) is 0.660. The zero-order chi connectivity index (χ0) is 13.1. The van der Waals surface area contributed by atoms with E-state index in [0.717, 1.165) is 11.1 Å². The molecule has 1 nitrogen and oxygen atoms in total. The van der Waals surface area contributed by atoms with Gasteiger partial charge in [-0.3, -0.25) is 0 Å². The Morgan fingerprint density at radius 3 is 2.17 bits per heavy atom. The zero-order valence-corrected chi connectivity index (χ0v) is 11.8. The molecular formula is C15H14Cl2O. The third-order valence-electron chi connectivity index (χ3n) is 2.84. The lowest BCUT2D eigenvalue weighted by Crippen LogP contribution is -1.94. The number of hydrogen-bond acceptors (Lipinski definition) is 1. The van der Waals surface area contributed by atoms with Gasteiger partial charge in [0.05, 0.1) is 17.5 Å². The van der Waals surface area contributed by atoms with Gasteiger partial charge >= 0.3 is 0 Å². The minimum Gasteiger partial charge on any atom is -0.495 e. The maximum absolute atomic E-state index is 6.45. The van der Waals surface area contributed by atoms with Crippen molar-refractivity contribution in [2.75, 3.05) is 7.11 Å². The summed E-state index contributed by atoms with van der Waals surface area (Å²) in [6, 6.07) is 13.8. The van der Waals surface area contributed by atoms with Gasteiger partial charge in [0.25, 0.3) is 0 Å². The minimum atomic E-state index is -0.200. The predicted octanol–water partition coefficient (Wildman–Crippen LogP) is 4.99. The topological polar surface area (TPSA) is 9.23 Å². The fourth-order valence-electron chi connectivity index (χ4n) is 1.77. The Morgan fingerprint density at radius 1 is 1.00 bits per heavy atom. The van der Waals surface area contributed by atoms with Gasteiger partial charge in [-0.2, -0.15) is 0 Å². The van der Waals surface area contributed by atoms with Crippen LogP contribution in [0.15, 0.2) is 42.5 Å². The van der Waals surface area contributed by atoms with Gasteiger partial charge in [-0.1, -0.05) is 47.5 Å². The highest BCUT2D eigenvalue weighted by atomic mass is 35.5. The highest BCUT2D eigenvalue weighted by Gasteiger charge is 2.12. The van der Waals surface area contributed by atoms with E-state index in [9.17, 15) is 0 Å². The fraction of sp³-hybridized carbons (Fsp3) is 0.200. The first-order valence-electron chi connectivity index (χ1n) is 5.66. The zero-order valence-electron chi connectivity index (χ0n) is 10.3. The van der Waals surface area contributed by atoms with Crippen molar-refractivity contribution < 1.29 is 4.74 Å². The van der Waals surface area contributed by atoms with Crippen molar-refractivity contribution in [3.8, 4) is 5.75 Å². The first-order chi connectivity index (χ1) is 8.61. The van der Waals surface area contributed by atoms with E-state index in [2.05, 4.69) is 19.1 Å². The fourth-order valence-corrected chi connectivity index (χ4v) is 2.32. The second-order valence-electron chi connectivity index (χ2n) is 4.17. The monoisotopic (exact) mass is 280 g/mol. The molecule has 18 heavy (non-hydrogen) atoms. The maximum Gasteiger partial charge on any atom is 0.137 e. The normalized spacial score (nSPS) is 12.2. The summed E-state index contributed by atoms with van der Waals surface area (Å²) in [7, 11) is 1.60. The molecule has 0 N–H and O–H groups in total. The van der Waals surface area contributed by atoms with Gasteiger partial charge in [0, 0.05) is 0 Å². The molecule has 2 aromatic carbocycles. The van der Waals surface area contributed by atoms with Crippen molar-refractivity contribution >= 4 is 23.2 Å². The van der Waals surface area contributed by atoms with E-state index < -0.39 is 0 Å².